The molecule has 0 aliphatic heterocycles. The van der Waals surface area contributed by atoms with Crippen LogP contribution >= 0.6 is 67.8 Å². The molecule has 0 fully saturated rings. The van der Waals surface area contributed by atoms with Gasteiger partial charge < -0.3 is 5.32 Å². The summed E-state index contributed by atoms with van der Waals surface area (Å²) in [7, 11) is 0. The smallest absolute Gasteiger partial charge is 0.263 e. The van der Waals surface area contributed by atoms with Crippen molar-refractivity contribution in [2.45, 2.75) is 6.92 Å². The van der Waals surface area contributed by atoms with E-state index in [4.69, 9.17) is 0 Å². The average Bonchev–Trinajstić information content (AvgIpc) is 2.16. The number of rotatable bonds is 2. The number of aryl methyl sites for hydroxylation is 1. The van der Waals surface area contributed by atoms with Gasteiger partial charge in [-0.3, -0.25) is 4.79 Å². The molecule has 1 aromatic rings. The Bertz CT molecular complexity index is 411. The van der Waals surface area contributed by atoms with E-state index >= 15 is 0 Å². The second kappa shape index (κ2) is 6.38. The minimum absolute atomic E-state index is 0.0556. The Labute approximate surface area is 130 Å². The summed E-state index contributed by atoms with van der Waals surface area (Å²) in [4.78, 5) is 11.7. The zero-order valence-electron chi connectivity index (χ0n) is 7.85. The van der Waals surface area contributed by atoms with Crippen LogP contribution in [0.4, 0.5) is 5.69 Å². The number of carbonyl (C=O) groups excluding carboxylic acids is 1. The first-order chi connectivity index (χ1) is 7.00. The number of halogens is 3. The van der Waals surface area contributed by atoms with Crippen molar-refractivity contribution in [1.82, 2.24) is 0 Å². The van der Waals surface area contributed by atoms with Gasteiger partial charge in [0, 0.05) is 5.69 Å². The summed E-state index contributed by atoms with van der Waals surface area (Å²) in [6.07, 6.45) is 0. The van der Waals surface area contributed by atoms with Gasteiger partial charge in [-0.1, -0.05) is 12.1 Å². The molecule has 0 aromatic heterocycles. The number of carbonyl (C=O) groups is 1. The molecule has 80 valence electrons. The fourth-order valence-corrected chi connectivity index (χ4v) is 1.62. The number of benzene rings is 1. The molecule has 0 saturated carbocycles. The molecule has 0 unspecified atom stereocenters. The lowest BCUT2D eigenvalue weighted by Gasteiger charge is -2.05. The molecule has 2 nitrogen and oxygen atoms in total. The van der Waals surface area contributed by atoms with E-state index in [0.29, 0.717) is 0 Å². The second-order valence-electron chi connectivity index (χ2n) is 2.90. The Morgan fingerprint density at radius 3 is 2.47 bits per heavy atom. The number of hydrogen-bond acceptors (Lipinski definition) is 1. The molecule has 0 bridgehead atoms. The van der Waals surface area contributed by atoms with Crippen molar-refractivity contribution in [3.05, 3.63) is 35.0 Å². The lowest BCUT2D eigenvalue weighted by molar-refractivity contribution is -0.112. The molecule has 5 heteroatoms. The molecule has 0 aliphatic carbocycles. The van der Waals surface area contributed by atoms with Gasteiger partial charge in [-0.15, -0.1) is 0 Å². The summed E-state index contributed by atoms with van der Waals surface area (Å²) < 4.78 is 1.69. The maximum absolute atomic E-state index is 11.7. The average molecular weight is 539 g/mol. The predicted molar refractivity (Wildman–Crippen MR) is 88.9 cm³/mol. The van der Waals surface area contributed by atoms with Crippen LogP contribution in [0.5, 0.6) is 0 Å². The summed E-state index contributed by atoms with van der Waals surface area (Å²) >= 11 is 6.31. The fourth-order valence-electron chi connectivity index (χ4n) is 0.995. The molecule has 15 heavy (non-hydrogen) atoms. The Morgan fingerprint density at radius 2 is 1.93 bits per heavy atom. The third-order valence-corrected chi connectivity index (χ3v) is 5.81. The van der Waals surface area contributed by atoms with Crippen molar-refractivity contribution in [3.8, 4) is 0 Å². The third-order valence-electron chi connectivity index (χ3n) is 1.64. The van der Waals surface area contributed by atoms with Gasteiger partial charge in [0.05, 0.1) is 5.17 Å². The number of nitrogens with one attached hydrogen (secondary N) is 1. The lowest BCUT2D eigenvalue weighted by atomic mass is 10.2. The Balaban J connectivity index is 2.80. The van der Waals surface area contributed by atoms with Crippen LogP contribution in [0.25, 0.3) is 0 Å². The topological polar surface area (TPSA) is 29.1 Å². The highest BCUT2D eigenvalue weighted by Crippen LogP contribution is 2.26. The summed E-state index contributed by atoms with van der Waals surface area (Å²) in [5.74, 6) is -0.0556. The van der Waals surface area contributed by atoms with Gasteiger partial charge in [0.15, 0.2) is 0 Å². The van der Waals surface area contributed by atoms with Gasteiger partial charge in [-0.2, -0.15) is 0 Å². The first-order valence-corrected chi connectivity index (χ1v) is 7.33. The molecule has 0 spiro atoms. The van der Waals surface area contributed by atoms with Crippen molar-refractivity contribution >= 4 is 79.4 Å². The maximum atomic E-state index is 11.7. The molecule has 0 aliphatic rings. The normalized spacial score (nSPS) is 9.60. The third kappa shape index (κ3) is 4.55. The van der Waals surface area contributed by atoms with E-state index in [1.807, 2.05) is 53.8 Å². The van der Waals surface area contributed by atoms with Gasteiger partial charge in [0.2, 0.25) is 0 Å². The number of amides is 1. The molecule has 0 atom stereocenters. The summed E-state index contributed by atoms with van der Waals surface area (Å²) in [5.41, 5.74) is 1.97. The molecule has 1 aromatic carbocycles. The second-order valence-corrected chi connectivity index (χ2v) is 8.20. The lowest BCUT2D eigenvalue weighted by Crippen LogP contribution is -2.11. The predicted octanol–water partition coefficient (Wildman–Crippen LogP) is 4.41. The Morgan fingerprint density at radius 1 is 1.27 bits per heavy atom. The van der Waals surface area contributed by atoms with Gasteiger partial charge >= 0.3 is 0 Å². The van der Waals surface area contributed by atoms with Crippen LogP contribution in [0.15, 0.2) is 29.4 Å². The molecule has 1 rings (SSSR count). The molecule has 0 radical (unpaired) electrons. The zero-order chi connectivity index (χ0) is 11.4. The SMILES string of the molecule is Cc1cccc(NC(=O)C(I)=C(I)I)c1. The van der Waals surface area contributed by atoms with E-state index in [2.05, 4.69) is 50.5 Å². The minimum atomic E-state index is -0.0556. The quantitative estimate of drug-likeness (QED) is 0.439. The first kappa shape index (κ1) is 13.7. The minimum Gasteiger partial charge on any atom is -0.322 e. The largest absolute Gasteiger partial charge is 0.322 e. The van der Waals surface area contributed by atoms with Crippen LogP contribution in [-0.2, 0) is 4.79 Å². The Kier molecular flexibility index (Phi) is 5.82. The van der Waals surface area contributed by atoms with Crippen molar-refractivity contribution in [2.75, 3.05) is 5.32 Å². The van der Waals surface area contributed by atoms with E-state index in [1.54, 1.807) is 0 Å². The van der Waals surface area contributed by atoms with Crippen LogP contribution in [-0.4, -0.2) is 5.91 Å². The van der Waals surface area contributed by atoms with Crippen molar-refractivity contribution < 1.29 is 4.79 Å². The summed E-state index contributed by atoms with van der Waals surface area (Å²) in [5, 5.41) is 2.85. The molecule has 1 N–H and O–H groups in total. The Hall–Kier alpha value is 0.620. The van der Waals surface area contributed by atoms with Crippen molar-refractivity contribution in [3.63, 3.8) is 0 Å². The molecule has 1 amide bonds. The van der Waals surface area contributed by atoms with E-state index < -0.39 is 0 Å². The van der Waals surface area contributed by atoms with Gasteiger partial charge in [0.1, 0.15) is 0 Å². The molecular weight excluding hydrogens is 531 g/mol. The highest BCUT2D eigenvalue weighted by molar-refractivity contribution is 14.2. The maximum Gasteiger partial charge on any atom is 0.263 e. The standard InChI is InChI=1S/C10H8I3NO/c1-6-3-2-4-7(5-6)14-10(15)8(11)9(12)13/h2-5H,1H3,(H,14,15). The summed E-state index contributed by atoms with van der Waals surface area (Å²) in [6.45, 7) is 2.00. The van der Waals surface area contributed by atoms with Crippen LogP contribution < -0.4 is 5.32 Å². The van der Waals surface area contributed by atoms with Crippen LogP contribution in [0.1, 0.15) is 5.56 Å². The van der Waals surface area contributed by atoms with Gasteiger partial charge in [0.25, 0.3) is 5.91 Å². The number of hydrogen-bond donors (Lipinski definition) is 1. The van der Waals surface area contributed by atoms with Crippen LogP contribution in [0, 0.1) is 6.92 Å². The van der Waals surface area contributed by atoms with Crippen LogP contribution in [0.2, 0.25) is 0 Å². The van der Waals surface area contributed by atoms with Gasteiger partial charge in [-0.25, -0.2) is 0 Å². The van der Waals surface area contributed by atoms with Crippen molar-refractivity contribution in [1.29, 1.82) is 0 Å². The van der Waals surface area contributed by atoms with Gasteiger partial charge in [-0.05, 0) is 92.4 Å². The zero-order valence-corrected chi connectivity index (χ0v) is 14.3. The highest BCUT2D eigenvalue weighted by Gasteiger charge is 2.09. The highest BCUT2D eigenvalue weighted by atomic mass is 127. The van der Waals surface area contributed by atoms with E-state index in [0.717, 1.165) is 16.4 Å². The molecule has 0 saturated heterocycles. The summed E-state index contributed by atoms with van der Waals surface area (Å²) in [6, 6.07) is 7.76. The number of anilines is 1. The molecular formula is C10H8I3NO. The molecule has 0 heterocycles. The van der Waals surface area contributed by atoms with E-state index in [-0.39, 0.29) is 5.91 Å². The van der Waals surface area contributed by atoms with E-state index in [9.17, 15) is 4.79 Å². The van der Waals surface area contributed by atoms with E-state index in [1.165, 1.54) is 0 Å². The monoisotopic (exact) mass is 539 g/mol. The van der Waals surface area contributed by atoms with Crippen molar-refractivity contribution in [2.24, 2.45) is 0 Å². The van der Waals surface area contributed by atoms with Crippen LogP contribution in [0.3, 0.4) is 0 Å². The first-order valence-electron chi connectivity index (χ1n) is 4.09. The fraction of sp³-hybridized carbons (Fsp3) is 0.100.